The Morgan fingerprint density at radius 2 is 1.77 bits per heavy atom. The third-order valence-electron chi connectivity index (χ3n) is 9.85. The lowest BCUT2D eigenvalue weighted by Gasteiger charge is -2.41. The van der Waals surface area contributed by atoms with Gasteiger partial charge in [0.25, 0.3) is 0 Å². The molecular formula is C33H41N3O4. The molecule has 3 fully saturated rings. The molecule has 3 aromatic rings. The van der Waals surface area contributed by atoms with Crippen molar-refractivity contribution >= 4 is 28.4 Å². The highest BCUT2D eigenvalue weighted by molar-refractivity contribution is 6.02. The Hall–Kier alpha value is -3.48. The number of hydrogen-bond acceptors (Lipinski definition) is 4. The first-order valence-electron chi connectivity index (χ1n) is 14.6. The van der Waals surface area contributed by atoms with E-state index in [1.54, 1.807) is 20.3 Å². The molecule has 0 bridgehead atoms. The molecule has 2 amide bonds. The van der Waals surface area contributed by atoms with Crippen molar-refractivity contribution in [3.63, 3.8) is 0 Å². The molecule has 2 aromatic carbocycles. The minimum atomic E-state index is -0.825. The number of H-pyrrole nitrogens is 1. The third-order valence-corrected chi connectivity index (χ3v) is 9.85. The van der Waals surface area contributed by atoms with Gasteiger partial charge in [-0.05, 0) is 73.6 Å². The molecule has 0 saturated heterocycles. The second kappa shape index (κ2) is 9.86. The lowest BCUT2D eigenvalue weighted by atomic mass is 9.91. The number of nitrogens with zero attached hydrogens (tertiary/aromatic N) is 1. The number of benzene rings is 2. The zero-order valence-electron chi connectivity index (χ0n) is 24.3. The number of anilines is 1. The van der Waals surface area contributed by atoms with Crippen LogP contribution in [0.3, 0.4) is 0 Å². The summed E-state index contributed by atoms with van der Waals surface area (Å²) in [7, 11) is 3.18. The Morgan fingerprint density at radius 3 is 2.45 bits per heavy atom. The first-order valence-corrected chi connectivity index (χ1v) is 14.6. The lowest BCUT2D eigenvalue weighted by molar-refractivity contribution is -0.146. The fraction of sp³-hybridized carbons (Fsp3) is 0.515. The van der Waals surface area contributed by atoms with Crippen molar-refractivity contribution in [3.05, 3.63) is 53.7 Å². The van der Waals surface area contributed by atoms with Gasteiger partial charge in [0, 0.05) is 35.1 Å². The minimum Gasteiger partial charge on any atom is -0.497 e. The normalized spacial score (nSPS) is 22.6. The van der Waals surface area contributed by atoms with Crippen LogP contribution in [-0.4, -0.2) is 47.5 Å². The number of rotatable bonds is 9. The fourth-order valence-corrected chi connectivity index (χ4v) is 7.49. The molecule has 0 spiro atoms. The van der Waals surface area contributed by atoms with Crippen LogP contribution in [0.4, 0.5) is 5.69 Å². The van der Waals surface area contributed by atoms with E-state index in [0.29, 0.717) is 42.4 Å². The van der Waals surface area contributed by atoms with Crippen LogP contribution in [0.25, 0.3) is 10.9 Å². The number of carbonyl (C=O) groups is 2. The summed E-state index contributed by atoms with van der Waals surface area (Å²) in [5.74, 6) is 1.77. The number of hydrogen-bond donors (Lipinski definition) is 2. The molecule has 0 radical (unpaired) electrons. The number of carbonyl (C=O) groups excluding carboxylic acids is 2. The lowest BCUT2D eigenvalue weighted by Crippen LogP contribution is -2.58. The van der Waals surface area contributed by atoms with Gasteiger partial charge in [0.2, 0.25) is 11.8 Å². The first kappa shape index (κ1) is 26.7. The van der Waals surface area contributed by atoms with Gasteiger partial charge in [-0.25, -0.2) is 0 Å². The van der Waals surface area contributed by atoms with Gasteiger partial charge in [-0.2, -0.15) is 0 Å². The van der Waals surface area contributed by atoms with E-state index < -0.39 is 5.54 Å². The number of aromatic amines is 1. The molecule has 3 aliphatic rings. The number of ether oxygens (including phenoxy) is 2. The Bertz CT molecular complexity index is 1450. The van der Waals surface area contributed by atoms with Crippen LogP contribution >= 0.6 is 0 Å². The van der Waals surface area contributed by atoms with Gasteiger partial charge in [0.15, 0.2) is 0 Å². The van der Waals surface area contributed by atoms with Crippen molar-refractivity contribution in [3.8, 4) is 11.5 Å². The van der Waals surface area contributed by atoms with Crippen molar-refractivity contribution < 1.29 is 19.1 Å². The van der Waals surface area contributed by atoms with E-state index in [-0.39, 0.29) is 29.2 Å². The molecular weight excluding hydrogens is 502 g/mol. The largest absolute Gasteiger partial charge is 0.497 e. The van der Waals surface area contributed by atoms with Crippen LogP contribution in [0.5, 0.6) is 11.5 Å². The van der Waals surface area contributed by atoms with Crippen LogP contribution < -0.4 is 14.8 Å². The zero-order chi connectivity index (χ0) is 28.2. The van der Waals surface area contributed by atoms with E-state index in [2.05, 4.69) is 55.3 Å². The Labute approximate surface area is 236 Å². The number of aromatic nitrogens is 1. The van der Waals surface area contributed by atoms with Crippen molar-refractivity contribution in [2.45, 2.75) is 83.2 Å². The van der Waals surface area contributed by atoms with Crippen LogP contribution in [0.2, 0.25) is 0 Å². The number of aryl methyl sites for hydroxylation is 1. The minimum absolute atomic E-state index is 0.0160. The van der Waals surface area contributed by atoms with Crippen LogP contribution in [0, 0.1) is 18.3 Å². The van der Waals surface area contributed by atoms with E-state index >= 15 is 0 Å². The standard InChI is InChI=1S/C33H41N3O4/c1-20-29(23-10-6-7-11-25(23)34-20)30-24(32(30,2)3)19-28(37)36(21-12-13-21)33(16-8-9-17-33)31(38)35-26-15-14-22(39-4)18-27(26)40-5/h6-7,10-11,14-15,18,21,24,30,34H,8-9,12-13,16-17,19H2,1-5H3,(H,35,38). The molecule has 6 rings (SSSR count). The van der Waals surface area contributed by atoms with E-state index in [1.165, 1.54) is 16.6 Å². The molecule has 3 saturated carbocycles. The van der Waals surface area contributed by atoms with Gasteiger partial charge in [-0.1, -0.05) is 44.9 Å². The highest BCUT2D eigenvalue weighted by Gasteiger charge is 2.61. The molecule has 2 N–H and O–H groups in total. The molecule has 1 heterocycles. The highest BCUT2D eigenvalue weighted by Crippen LogP contribution is 2.67. The molecule has 3 aliphatic carbocycles. The van der Waals surface area contributed by atoms with Crippen molar-refractivity contribution in [2.24, 2.45) is 11.3 Å². The van der Waals surface area contributed by atoms with E-state index in [4.69, 9.17) is 9.47 Å². The summed E-state index contributed by atoms with van der Waals surface area (Å²) in [4.78, 5) is 34.0. The van der Waals surface area contributed by atoms with E-state index in [0.717, 1.165) is 31.2 Å². The Morgan fingerprint density at radius 1 is 1.05 bits per heavy atom. The van der Waals surface area contributed by atoms with Gasteiger partial charge >= 0.3 is 0 Å². The summed E-state index contributed by atoms with van der Waals surface area (Å²) < 4.78 is 10.9. The summed E-state index contributed by atoms with van der Waals surface area (Å²) in [6.07, 6.45) is 5.66. The number of para-hydroxylation sites is 1. The summed E-state index contributed by atoms with van der Waals surface area (Å²) in [6, 6.07) is 14.0. The number of fused-ring (bicyclic) bond motifs is 1. The SMILES string of the molecule is COc1ccc(NC(=O)C2(N(C(=O)CC3C(c4c(C)[nH]c5ccccc45)C3(C)C)C3CC3)CCCC2)c(OC)c1. The summed E-state index contributed by atoms with van der Waals surface area (Å²) in [6.45, 7) is 6.71. The maximum absolute atomic E-state index is 14.3. The van der Waals surface area contributed by atoms with Gasteiger partial charge < -0.3 is 24.7 Å². The summed E-state index contributed by atoms with van der Waals surface area (Å²) in [5.41, 5.74) is 3.47. The maximum Gasteiger partial charge on any atom is 0.250 e. The number of methoxy groups -OCH3 is 2. The molecule has 212 valence electrons. The maximum atomic E-state index is 14.3. The second-order valence-corrected chi connectivity index (χ2v) is 12.6. The molecule has 1 aromatic heterocycles. The summed E-state index contributed by atoms with van der Waals surface area (Å²) >= 11 is 0. The Kier molecular flexibility index (Phi) is 6.59. The van der Waals surface area contributed by atoms with Gasteiger partial charge in [-0.15, -0.1) is 0 Å². The van der Waals surface area contributed by atoms with E-state index in [9.17, 15) is 9.59 Å². The zero-order valence-corrected chi connectivity index (χ0v) is 24.3. The number of amides is 2. The van der Waals surface area contributed by atoms with Crippen LogP contribution in [0.1, 0.15) is 76.0 Å². The van der Waals surface area contributed by atoms with E-state index in [1.807, 2.05) is 17.0 Å². The quantitative estimate of drug-likeness (QED) is 0.320. The first-order chi connectivity index (χ1) is 19.2. The monoisotopic (exact) mass is 543 g/mol. The molecule has 40 heavy (non-hydrogen) atoms. The molecule has 2 atom stereocenters. The van der Waals surface area contributed by atoms with Gasteiger partial charge in [0.1, 0.15) is 17.0 Å². The van der Waals surface area contributed by atoms with Crippen LogP contribution in [-0.2, 0) is 9.59 Å². The second-order valence-electron chi connectivity index (χ2n) is 12.6. The van der Waals surface area contributed by atoms with Crippen molar-refractivity contribution in [1.82, 2.24) is 9.88 Å². The van der Waals surface area contributed by atoms with Gasteiger partial charge in [0.05, 0.1) is 19.9 Å². The predicted molar refractivity (Wildman–Crippen MR) is 157 cm³/mol. The highest BCUT2D eigenvalue weighted by atomic mass is 16.5. The number of nitrogens with one attached hydrogen (secondary N) is 2. The van der Waals surface area contributed by atoms with Crippen molar-refractivity contribution in [2.75, 3.05) is 19.5 Å². The average Bonchev–Trinajstić information content (AvgIpc) is 3.73. The van der Waals surface area contributed by atoms with Crippen LogP contribution in [0.15, 0.2) is 42.5 Å². The predicted octanol–water partition coefficient (Wildman–Crippen LogP) is 6.57. The summed E-state index contributed by atoms with van der Waals surface area (Å²) in [5, 5.41) is 4.40. The Balaban J connectivity index is 1.27. The fourth-order valence-electron chi connectivity index (χ4n) is 7.49. The molecule has 0 aliphatic heterocycles. The van der Waals surface area contributed by atoms with Crippen molar-refractivity contribution in [1.29, 1.82) is 0 Å². The van der Waals surface area contributed by atoms with Gasteiger partial charge in [-0.3, -0.25) is 9.59 Å². The molecule has 7 nitrogen and oxygen atoms in total. The molecule has 7 heteroatoms. The molecule has 2 unspecified atom stereocenters. The third kappa shape index (κ3) is 4.34. The topological polar surface area (TPSA) is 83.7 Å². The smallest absolute Gasteiger partial charge is 0.250 e. The average molecular weight is 544 g/mol.